The first-order chi connectivity index (χ1) is 11.1. The number of benzene rings is 1. The lowest BCUT2D eigenvalue weighted by atomic mass is 10.3. The molecule has 0 aliphatic heterocycles. The van der Waals surface area contributed by atoms with Crippen LogP contribution in [0.5, 0.6) is 0 Å². The Morgan fingerprint density at radius 2 is 2.17 bits per heavy atom. The first-order valence-electron chi connectivity index (χ1n) is 6.68. The Kier molecular flexibility index (Phi) is 3.67. The molecule has 3 aromatic rings. The monoisotopic (exact) mass is 315 g/mol. The van der Waals surface area contributed by atoms with Gasteiger partial charge in [0.15, 0.2) is 23.2 Å². The maximum atomic E-state index is 14.0. The molecule has 23 heavy (non-hydrogen) atoms. The van der Waals surface area contributed by atoms with Gasteiger partial charge in [-0.2, -0.15) is 0 Å². The number of para-hydroxylation sites is 1. The summed E-state index contributed by atoms with van der Waals surface area (Å²) in [6.07, 6.45) is 4.60. The van der Waals surface area contributed by atoms with Crippen LogP contribution in [0, 0.1) is 5.82 Å². The lowest BCUT2D eigenvalue weighted by molar-refractivity contribution is 0.310. The maximum Gasteiger partial charge on any atom is 0.199 e. The molecule has 0 bridgehead atoms. The van der Waals surface area contributed by atoms with Crippen molar-refractivity contribution in [2.45, 2.75) is 6.54 Å². The molecule has 0 aliphatic rings. The number of fused-ring (bicyclic) bond motifs is 1. The van der Waals surface area contributed by atoms with Gasteiger partial charge in [-0.3, -0.25) is 0 Å². The lowest BCUT2D eigenvalue weighted by Crippen LogP contribution is -2.10. The zero-order valence-electron chi connectivity index (χ0n) is 12.0. The highest BCUT2D eigenvalue weighted by Crippen LogP contribution is 2.28. The van der Waals surface area contributed by atoms with E-state index in [4.69, 9.17) is 17.2 Å². The highest BCUT2D eigenvalue weighted by molar-refractivity contribution is 5.82. The van der Waals surface area contributed by atoms with Gasteiger partial charge in [0.05, 0.1) is 12.1 Å². The van der Waals surface area contributed by atoms with Crippen LogP contribution in [-0.2, 0) is 6.54 Å². The van der Waals surface area contributed by atoms with Gasteiger partial charge in [-0.15, -0.1) is 0 Å². The highest BCUT2D eigenvalue weighted by Gasteiger charge is 2.20. The van der Waals surface area contributed by atoms with Crippen molar-refractivity contribution in [1.29, 1.82) is 0 Å². The molecule has 0 atom stereocenters. The van der Waals surface area contributed by atoms with Crippen molar-refractivity contribution in [3.05, 3.63) is 48.1 Å². The quantitative estimate of drug-likeness (QED) is 0.614. The fraction of sp³-hybridized carbons (Fsp3) is 0.0714. The predicted octanol–water partition coefficient (Wildman–Crippen LogP) is 1.12. The number of allylic oxidation sites excluding steroid dienone is 3. The molecule has 118 valence electrons. The number of rotatable bonds is 4. The summed E-state index contributed by atoms with van der Waals surface area (Å²) < 4.78 is 20.3. The third-order valence-corrected chi connectivity index (χ3v) is 3.22. The summed E-state index contributed by atoms with van der Waals surface area (Å²) in [7, 11) is 0. The van der Waals surface area contributed by atoms with E-state index in [0.29, 0.717) is 17.0 Å². The minimum absolute atomic E-state index is 0.0615. The summed E-state index contributed by atoms with van der Waals surface area (Å²) in [4.78, 5) is 4.27. The fourth-order valence-electron chi connectivity index (χ4n) is 2.22. The van der Waals surface area contributed by atoms with Crippen molar-refractivity contribution in [3.63, 3.8) is 0 Å². The first-order valence-corrected chi connectivity index (χ1v) is 6.68. The van der Waals surface area contributed by atoms with Gasteiger partial charge in [-0.1, -0.05) is 6.07 Å². The largest absolute Gasteiger partial charge is 0.405 e. The summed E-state index contributed by atoms with van der Waals surface area (Å²) in [6, 6.07) is 4.64. The zero-order valence-corrected chi connectivity index (χ0v) is 12.0. The molecule has 0 fully saturated rings. The van der Waals surface area contributed by atoms with Crippen LogP contribution in [0.2, 0.25) is 0 Å². The number of nitrogens with two attached hydrogens (primary N) is 3. The van der Waals surface area contributed by atoms with E-state index in [1.165, 1.54) is 12.3 Å². The SMILES string of the molecule is N/C=C\C=C(/N)Cn1c(-c2nonc2N)nc2c(F)cccc21. The number of hydrogen-bond donors (Lipinski definition) is 3. The Morgan fingerprint density at radius 1 is 1.35 bits per heavy atom. The van der Waals surface area contributed by atoms with Crippen molar-refractivity contribution in [2.75, 3.05) is 5.73 Å². The second-order valence-electron chi connectivity index (χ2n) is 4.75. The van der Waals surface area contributed by atoms with Crippen LogP contribution in [0.1, 0.15) is 0 Å². The molecule has 0 unspecified atom stereocenters. The minimum Gasteiger partial charge on any atom is -0.405 e. The summed E-state index contributed by atoms with van der Waals surface area (Å²) in [6.45, 7) is 0.242. The van der Waals surface area contributed by atoms with Crippen LogP contribution >= 0.6 is 0 Å². The second-order valence-corrected chi connectivity index (χ2v) is 4.75. The van der Waals surface area contributed by atoms with Gasteiger partial charge in [0, 0.05) is 5.70 Å². The normalized spacial score (nSPS) is 12.5. The molecule has 2 heterocycles. The molecule has 3 rings (SSSR count). The third kappa shape index (κ3) is 2.59. The Bertz CT molecular complexity index is 909. The van der Waals surface area contributed by atoms with Crippen molar-refractivity contribution >= 4 is 16.9 Å². The zero-order chi connectivity index (χ0) is 16.4. The third-order valence-electron chi connectivity index (χ3n) is 3.22. The molecular weight excluding hydrogens is 301 g/mol. The van der Waals surface area contributed by atoms with Crippen LogP contribution in [0.15, 0.2) is 46.9 Å². The Balaban J connectivity index is 2.21. The number of nitrogens with zero attached hydrogens (tertiary/aromatic N) is 4. The number of nitrogen functional groups attached to an aromatic ring is 1. The molecule has 0 saturated carbocycles. The van der Waals surface area contributed by atoms with Gasteiger partial charge < -0.3 is 21.8 Å². The van der Waals surface area contributed by atoms with E-state index in [-0.39, 0.29) is 23.6 Å². The van der Waals surface area contributed by atoms with E-state index >= 15 is 0 Å². The molecule has 0 saturated heterocycles. The highest BCUT2D eigenvalue weighted by atomic mass is 19.1. The molecular formula is C14H14FN7O. The predicted molar refractivity (Wildman–Crippen MR) is 83.0 cm³/mol. The van der Waals surface area contributed by atoms with Gasteiger partial charge in [-0.25, -0.2) is 14.0 Å². The topological polar surface area (TPSA) is 135 Å². The van der Waals surface area contributed by atoms with Crippen LogP contribution < -0.4 is 17.2 Å². The smallest absolute Gasteiger partial charge is 0.199 e. The van der Waals surface area contributed by atoms with Gasteiger partial charge in [0.1, 0.15) is 5.52 Å². The number of anilines is 1. The van der Waals surface area contributed by atoms with Crippen molar-refractivity contribution in [3.8, 4) is 11.5 Å². The van der Waals surface area contributed by atoms with Crippen LogP contribution in [0.4, 0.5) is 10.2 Å². The lowest BCUT2D eigenvalue weighted by Gasteiger charge is -2.07. The molecule has 0 radical (unpaired) electrons. The molecule has 1 aromatic carbocycles. The van der Waals surface area contributed by atoms with E-state index in [9.17, 15) is 4.39 Å². The second kappa shape index (κ2) is 5.79. The first kappa shape index (κ1) is 14.6. The van der Waals surface area contributed by atoms with Crippen molar-refractivity contribution < 1.29 is 9.02 Å². The number of aromatic nitrogens is 4. The molecule has 0 spiro atoms. The van der Waals surface area contributed by atoms with E-state index in [0.717, 1.165) is 0 Å². The van der Waals surface area contributed by atoms with Crippen LogP contribution in [0.3, 0.4) is 0 Å². The van der Waals surface area contributed by atoms with E-state index in [1.54, 1.807) is 28.9 Å². The van der Waals surface area contributed by atoms with Gasteiger partial charge >= 0.3 is 0 Å². The minimum atomic E-state index is -0.457. The standard InChI is InChI=1S/C14H14FN7O/c15-9-4-1-5-10-11(9)19-14(12-13(18)21-23-20-12)22(10)7-8(17)3-2-6-16/h1-6H,7,16-17H2,(H2,18,21)/b6-2-,8-3-. The van der Waals surface area contributed by atoms with E-state index < -0.39 is 5.82 Å². The molecule has 6 N–H and O–H groups in total. The fourth-order valence-corrected chi connectivity index (χ4v) is 2.22. The van der Waals surface area contributed by atoms with E-state index in [1.807, 2.05) is 0 Å². The molecule has 0 aliphatic carbocycles. The van der Waals surface area contributed by atoms with Crippen LogP contribution in [0.25, 0.3) is 22.6 Å². The number of halogens is 1. The summed E-state index contributed by atoms with van der Waals surface area (Å²) in [5, 5.41) is 7.26. The molecule has 9 heteroatoms. The van der Waals surface area contributed by atoms with Crippen molar-refractivity contribution in [1.82, 2.24) is 19.9 Å². The van der Waals surface area contributed by atoms with Gasteiger partial charge in [0.2, 0.25) is 0 Å². The summed E-state index contributed by atoms with van der Waals surface area (Å²) in [5.41, 5.74) is 18.4. The Morgan fingerprint density at radius 3 is 2.87 bits per heavy atom. The molecule has 2 aromatic heterocycles. The number of hydrogen-bond acceptors (Lipinski definition) is 7. The van der Waals surface area contributed by atoms with Crippen LogP contribution in [-0.4, -0.2) is 19.9 Å². The van der Waals surface area contributed by atoms with E-state index in [2.05, 4.69) is 19.9 Å². The molecule has 0 amide bonds. The Labute approximate surface area is 130 Å². The number of imidazole rings is 1. The molecule has 8 nitrogen and oxygen atoms in total. The van der Waals surface area contributed by atoms with Crippen molar-refractivity contribution in [2.24, 2.45) is 11.5 Å². The summed E-state index contributed by atoms with van der Waals surface area (Å²) >= 11 is 0. The average molecular weight is 315 g/mol. The average Bonchev–Trinajstić information content (AvgIpc) is 3.10. The van der Waals surface area contributed by atoms with Gasteiger partial charge in [-0.05, 0) is 40.8 Å². The van der Waals surface area contributed by atoms with Gasteiger partial charge in [0.25, 0.3) is 0 Å². The Hall–Kier alpha value is -3.36. The maximum absolute atomic E-state index is 14.0. The summed E-state index contributed by atoms with van der Waals surface area (Å²) in [5.74, 6) is -0.0785.